The number of benzene rings is 2. The summed E-state index contributed by atoms with van der Waals surface area (Å²) < 4.78 is 5.16. The van der Waals surface area contributed by atoms with Crippen LogP contribution in [0, 0.1) is 0 Å². The highest BCUT2D eigenvalue weighted by molar-refractivity contribution is 7.17. The summed E-state index contributed by atoms with van der Waals surface area (Å²) in [6.07, 6.45) is 3.11. The Balaban J connectivity index is 1.48. The van der Waals surface area contributed by atoms with E-state index < -0.39 is 12.2 Å². The third kappa shape index (κ3) is 7.76. The van der Waals surface area contributed by atoms with Crippen LogP contribution in [0.5, 0.6) is 5.75 Å². The number of thiophene rings is 1. The third-order valence-corrected chi connectivity index (χ3v) is 7.72. The van der Waals surface area contributed by atoms with Gasteiger partial charge in [0.25, 0.3) is 11.8 Å². The van der Waals surface area contributed by atoms with Crippen LogP contribution >= 0.6 is 11.3 Å². The van der Waals surface area contributed by atoms with Crippen LogP contribution in [-0.2, 0) is 19.4 Å². The molecule has 1 aliphatic carbocycles. The average Bonchev–Trinajstić information content (AvgIpc) is 3.49. The molecule has 2 unspecified atom stereocenters. The molecule has 0 spiro atoms. The van der Waals surface area contributed by atoms with Gasteiger partial charge >= 0.3 is 0 Å². The zero-order valence-corrected chi connectivity index (χ0v) is 23.8. The fourth-order valence-electron chi connectivity index (χ4n) is 4.84. The summed E-state index contributed by atoms with van der Waals surface area (Å²) >= 11 is 1.44. The third-order valence-electron chi connectivity index (χ3n) is 6.51. The lowest BCUT2D eigenvalue weighted by Crippen LogP contribution is -2.35. The van der Waals surface area contributed by atoms with Crippen LogP contribution in [0.4, 0.5) is 5.00 Å². The quantitative estimate of drug-likeness (QED) is 0.196. The number of hydrogen-bond acceptors (Lipinski definition) is 8. The molecule has 0 aliphatic heterocycles. The normalized spacial score (nSPS) is 14.2. The van der Waals surface area contributed by atoms with E-state index in [9.17, 15) is 19.8 Å². The minimum atomic E-state index is -0.545. The van der Waals surface area contributed by atoms with Gasteiger partial charge in [0.2, 0.25) is 0 Å². The van der Waals surface area contributed by atoms with E-state index in [0.717, 1.165) is 46.6 Å². The van der Waals surface area contributed by atoms with Gasteiger partial charge in [-0.15, -0.1) is 11.3 Å². The highest BCUT2D eigenvalue weighted by Crippen LogP contribution is 2.39. The lowest BCUT2D eigenvalue weighted by molar-refractivity contribution is 0.0793. The molecule has 2 amide bonds. The number of aryl methyl sites for hydroxylation is 1. The summed E-state index contributed by atoms with van der Waals surface area (Å²) in [5.74, 6) is 0.0630. The molecule has 4 N–H and O–H groups in total. The summed E-state index contributed by atoms with van der Waals surface area (Å²) in [5.41, 5.74) is 6.21. The second-order valence-electron chi connectivity index (χ2n) is 10.1. The van der Waals surface area contributed by atoms with Crippen molar-refractivity contribution in [3.63, 3.8) is 0 Å². The van der Waals surface area contributed by atoms with Crippen molar-refractivity contribution in [2.75, 3.05) is 25.5 Å². The predicted molar refractivity (Wildman–Crippen MR) is 157 cm³/mol. The van der Waals surface area contributed by atoms with Crippen LogP contribution in [0.15, 0.2) is 53.6 Å². The number of carbonyl (C=O) groups excluding carboxylic acids is 2. The van der Waals surface area contributed by atoms with Gasteiger partial charge < -0.3 is 20.3 Å². The van der Waals surface area contributed by atoms with Crippen molar-refractivity contribution < 1.29 is 24.5 Å². The number of rotatable bonds is 12. The molecule has 0 bridgehead atoms. The van der Waals surface area contributed by atoms with Gasteiger partial charge in [-0.25, -0.2) is 5.43 Å². The minimum Gasteiger partial charge on any atom is -0.497 e. The highest BCUT2D eigenvalue weighted by atomic mass is 32.1. The van der Waals surface area contributed by atoms with E-state index in [4.69, 9.17) is 4.74 Å². The molecule has 0 saturated heterocycles. The van der Waals surface area contributed by atoms with E-state index in [1.165, 1.54) is 11.3 Å². The highest BCUT2D eigenvalue weighted by Gasteiger charge is 2.27. The van der Waals surface area contributed by atoms with E-state index in [0.29, 0.717) is 35.8 Å². The Hall–Kier alpha value is -3.57. The van der Waals surface area contributed by atoms with Crippen LogP contribution in [-0.4, -0.2) is 65.5 Å². The van der Waals surface area contributed by atoms with Gasteiger partial charge in [0, 0.05) is 30.1 Å². The van der Waals surface area contributed by atoms with Crippen LogP contribution in [0.3, 0.4) is 0 Å². The molecule has 9 nitrogen and oxygen atoms in total. The molecule has 10 heteroatoms. The Morgan fingerprint density at radius 1 is 1.07 bits per heavy atom. The number of aliphatic hydroxyl groups excluding tert-OH is 2. The van der Waals surface area contributed by atoms with Gasteiger partial charge in [0.1, 0.15) is 10.8 Å². The smallest absolute Gasteiger partial charge is 0.274 e. The van der Waals surface area contributed by atoms with Gasteiger partial charge in [0.05, 0.1) is 31.1 Å². The van der Waals surface area contributed by atoms with E-state index in [2.05, 4.69) is 15.8 Å². The van der Waals surface area contributed by atoms with E-state index in [-0.39, 0.29) is 11.8 Å². The van der Waals surface area contributed by atoms with Crippen LogP contribution in [0.25, 0.3) is 0 Å². The van der Waals surface area contributed by atoms with Gasteiger partial charge in [-0.05, 0) is 86.2 Å². The molecule has 3 aromatic rings. The monoisotopic (exact) mass is 564 g/mol. The van der Waals surface area contributed by atoms with E-state index in [1.54, 1.807) is 39.3 Å². The molecule has 2 aromatic carbocycles. The minimum absolute atomic E-state index is 0.310. The zero-order valence-electron chi connectivity index (χ0n) is 23.0. The number of hydrogen-bond donors (Lipinski definition) is 4. The SMILES string of the molecule is COc1ccc(/C=N/NC(=O)c2c(NC(=O)c3cccc(CN(CC(C)O)CC(C)O)c3)sc3c2CCC3)cc1. The Morgan fingerprint density at radius 3 is 2.48 bits per heavy atom. The first-order valence-electron chi connectivity index (χ1n) is 13.3. The number of amides is 2. The molecule has 212 valence electrons. The number of carbonyl (C=O) groups is 2. The van der Waals surface area contributed by atoms with Crippen molar-refractivity contribution in [3.8, 4) is 5.75 Å². The summed E-state index contributed by atoms with van der Waals surface area (Å²) in [6.45, 7) is 4.69. The number of anilines is 1. The molecule has 1 aliphatic rings. The first-order valence-corrected chi connectivity index (χ1v) is 14.2. The number of nitrogens with zero attached hydrogens (tertiary/aromatic N) is 2. The van der Waals surface area contributed by atoms with Gasteiger partial charge in [-0.1, -0.05) is 12.1 Å². The van der Waals surface area contributed by atoms with Gasteiger partial charge in [0.15, 0.2) is 0 Å². The van der Waals surface area contributed by atoms with Gasteiger partial charge in [-0.2, -0.15) is 5.10 Å². The van der Waals surface area contributed by atoms with Crippen molar-refractivity contribution in [1.29, 1.82) is 0 Å². The molecule has 4 rings (SSSR count). The van der Waals surface area contributed by atoms with E-state index in [1.807, 2.05) is 41.3 Å². The maximum absolute atomic E-state index is 13.3. The van der Waals surface area contributed by atoms with E-state index >= 15 is 0 Å². The Labute approximate surface area is 238 Å². The molecular weight excluding hydrogens is 528 g/mol. The predicted octanol–water partition coefficient (Wildman–Crippen LogP) is 3.83. The van der Waals surface area contributed by atoms with Crippen molar-refractivity contribution in [2.45, 2.75) is 51.9 Å². The fourth-order valence-corrected chi connectivity index (χ4v) is 6.12. The first kappa shape index (κ1) is 29.4. The van der Waals surface area contributed by atoms with Crippen molar-refractivity contribution in [1.82, 2.24) is 10.3 Å². The number of fused-ring (bicyclic) bond motifs is 1. The molecular formula is C30H36N4O5S. The molecule has 40 heavy (non-hydrogen) atoms. The number of methoxy groups -OCH3 is 1. The Kier molecular flexibility index (Phi) is 10.1. The van der Waals surface area contributed by atoms with Crippen LogP contribution in [0.1, 0.15) is 62.6 Å². The van der Waals surface area contributed by atoms with Crippen molar-refractivity contribution >= 4 is 34.4 Å². The maximum Gasteiger partial charge on any atom is 0.274 e. The number of hydrazone groups is 1. The second-order valence-corrected chi connectivity index (χ2v) is 11.2. The average molecular weight is 565 g/mol. The van der Waals surface area contributed by atoms with Crippen molar-refractivity contribution in [3.05, 3.63) is 81.2 Å². The lowest BCUT2D eigenvalue weighted by atomic mass is 10.1. The molecule has 0 radical (unpaired) electrons. The molecule has 0 saturated carbocycles. The molecule has 2 atom stereocenters. The number of ether oxygens (including phenoxy) is 1. The maximum atomic E-state index is 13.3. The molecule has 0 fully saturated rings. The van der Waals surface area contributed by atoms with Gasteiger partial charge in [-0.3, -0.25) is 14.5 Å². The number of nitrogens with one attached hydrogen (secondary N) is 2. The fraction of sp³-hybridized carbons (Fsp3) is 0.367. The summed E-state index contributed by atoms with van der Waals surface area (Å²) in [5, 5.41) is 27.3. The second kappa shape index (κ2) is 13.7. The number of aliphatic hydroxyl groups is 2. The largest absolute Gasteiger partial charge is 0.497 e. The first-order chi connectivity index (χ1) is 19.2. The van der Waals surface area contributed by atoms with Crippen LogP contribution < -0.4 is 15.5 Å². The summed E-state index contributed by atoms with van der Waals surface area (Å²) in [7, 11) is 1.60. The topological polar surface area (TPSA) is 123 Å². The molecule has 1 aromatic heterocycles. The van der Waals surface area contributed by atoms with Crippen molar-refractivity contribution in [2.24, 2.45) is 5.10 Å². The molecule has 1 heterocycles. The van der Waals surface area contributed by atoms with Crippen LogP contribution in [0.2, 0.25) is 0 Å². The standard InChI is InChI=1S/C30H36N4O5S/c1-19(35)16-34(17-20(2)36)18-22-6-4-7-23(14-22)28(37)32-30-27(25-8-5-9-26(25)40-30)29(38)33-31-15-21-10-12-24(39-3)13-11-21/h4,6-7,10-15,19-20,35-36H,5,8-9,16-18H2,1-3H3,(H,32,37)(H,33,38)/b31-15+. The Bertz CT molecular complexity index is 1340. The summed E-state index contributed by atoms with van der Waals surface area (Å²) in [6, 6.07) is 14.6. The summed E-state index contributed by atoms with van der Waals surface area (Å²) in [4.78, 5) is 29.6. The zero-order chi connectivity index (χ0) is 28.6. The Morgan fingerprint density at radius 2 is 1.80 bits per heavy atom. The lowest BCUT2D eigenvalue weighted by Gasteiger charge is -2.25.